The maximum Gasteiger partial charge on any atom is 0.305 e. The van der Waals surface area contributed by atoms with E-state index >= 15 is 0 Å². The fraction of sp³-hybridized carbons (Fsp3) is 0.429. The summed E-state index contributed by atoms with van der Waals surface area (Å²) >= 11 is 1.71. The van der Waals surface area contributed by atoms with Crippen LogP contribution in [0.5, 0.6) is 0 Å². The number of rotatable bonds is 3. The minimum atomic E-state index is -0.852. The van der Waals surface area contributed by atoms with E-state index in [0.29, 0.717) is 17.9 Å². The lowest BCUT2D eigenvalue weighted by molar-refractivity contribution is -0.138. The summed E-state index contributed by atoms with van der Waals surface area (Å²) in [4.78, 5) is 25.1. The van der Waals surface area contributed by atoms with E-state index in [-0.39, 0.29) is 18.4 Å². The van der Waals surface area contributed by atoms with Gasteiger partial charge in [0, 0.05) is 23.6 Å². The average Bonchev–Trinajstić information content (AvgIpc) is 2.38. The Bertz CT molecular complexity index is 489. The molecule has 1 fully saturated rings. The first-order valence-corrected chi connectivity index (χ1v) is 7.41. The van der Waals surface area contributed by atoms with Crippen molar-refractivity contribution < 1.29 is 14.7 Å². The standard InChI is InChI=1S/C14H17NO3S/c1-10-4-2-3-5-12(10)14(18)15-6-7-19-9-11(15)8-13(16)17/h2-5,11H,6-9H2,1H3,(H,16,17). The summed E-state index contributed by atoms with van der Waals surface area (Å²) in [6.45, 7) is 2.52. The zero-order chi connectivity index (χ0) is 13.8. The number of carboxylic acid groups (broad SMARTS) is 1. The molecule has 1 unspecified atom stereocenters. The van der Waals surface area contributed by atoms with Crippen LogP contribution in [0.2, 0.25) is 0 Å². The molecule has 1 amide bonds. The van der Waals surface area contributed by atoms with Crippen LogP contribution >= 0.6 is 11.8 Å². The Morgan fingerprint density at radius 2 is 2.16 bits per heavy atom. The van der Waals surface area contributed by atoms with E-state index in [2.05, 4.69) is 0 Å². The Balaban J connectivity index is 2.20. The van der Waals surface area contributed by atoms with Crippen molar-refractivity contribution in [1.29, 1.82) is 0 Å². The van der Waals surface area contributed by atoms with Crippen molar-refractivity contribution in [3.05, 3.63) is 35.4 Å². The van der Waals surface area contributed by atoms with Gasteiger partial charge in [-0.05, 0) is 18.6 Å². The summed E-state index contributed by atoms with van der Waals surface area (Å²) in [6.07, 6.45) is 0.0185. The van der Waals surface area contributed by atoms with Crippen LogP contribution in [-0.4, -0.2) is 46.0 Å². The third-order valence-electron chi connectivity index (χ3n) is 3.27. The zero-order valence-electron chi connectivity index (χ0n) is 10.8. The predicted octanol–water partition coefficient (Wildman–Crippen LogP) is 2.03. The Labute approximate surface area is 116 Å². The summed E-state index contributed by atoms with van der Waals surface area (Å²) in [7, 11) is 0. The van der Waals surface area contributed by atoms with E-state index in [9.17, 15) is 9.59 Å². The highest BCUT2D eigenvalue weighted by Crippen LogP contribution is 2.22. The lowest BCUT2D eigenvalue weighted by Crippen LogP contribution is -2.47. The van der Waals surface area contributed by atoms with Crippen LogP contribution < -0.4 is 0 Å². The maximum atomic E-state index is 12.5. The second kappa shape index (κ2) is 6.10. The van der Waals surface area contributed by atoms with E-state index in [0.717, 1.165) is 11.3 Å². The SMILES string of the molecule is Cc1ccccc1C(=O)N1CCSCC1CC(=O)O. The fourth-order valence-electron chi connectivity index (χ4n) is 2.26. The number of hydrogen-bond donors (Lipinski definition) is 1. The van der Waals surface area contributed by atoms with Crippen molar-refractivity contribution in [3.8, 4) is 0 Å². The number of carbonyl (C=O) groups is 2. The molecule has 1 saturated heterocycles. The van der Waals surface area contributed by atoms with Gasteiger partial charge in [0.25, 0.3) is 5.91 Å². The summed E-state index contributed by atoms with van der Waals surface area (Å²) in [5.41, 5.74) is 1.60. The molecule has 0 aliphatic carbocycles. The molecule has 1 N–H and O–H groups in total. The first-order valence-electron chi connectivity index (χ1n) is 6.25. The predicted molar refractivity (Wildman–Crippen MR) is 75.6 cm³/mol. The molecule has 1 aromatic carbocycles. The molecule has 2 rings (SSSR count). The second-order valence-corrected chi connectivity index (χ2v) is 5.79. The third kappa shape index (κ3) is 3.29. The quantitative estimate of drug-likeness (QED) is 0.919. The molecule has 1 atom stereocenters. The molecule has 102 valence electrons. The van der Waals surface area contributed by atoms with Crippen LogP contribution in [-0.2, 0) is 4.79 Å². The number of amides is 1. The Morgan fingerprint density at radius 3 is 2.84 bits per heavy atom. The Morgan fingerprint density at radius 1 is 1.42 bits per heavy atom. The monoisotopic (exact) mass is 279 g/mol. The number of nitrogens with zero attached hydrogens (tertiary/aromatic N) is 1. The molecule has 0 saturated carbocycles. The molecule has 5 heteroatoms. The normalized spacial score (nSPS) is 19.2. The van der Waals surface area contributed by atoms with Gasteiger partial charge in [0.1, 0.15) is 0 Å². The van der Waals surface area contributed by atoms with Gasteiger partial charge in [-0.15, -0.1) is 0 Å². The lowest BCUT2D eigenvalue weighted by Gasteiger charge is -2.35. The highest BCUT2D eigenvalue weighted by molar-refractivity contribution is 7.99. The number of aliphatic carboxylic acids is 1. The number of hydrogen-bond acceptors (Lipinski definition) is 3. The van der Waals surface area contributed by atoms with Crippen LogP contribution in [0, 0.1) is 6.92 Å². The van der Waals surface area contributed by atoms with Gasteiger partial charge in [-0.3, -0.25) is 9.59 Å². The van der Waals surface area contributed by atoms with Gasteiger partial charge in [0.15, 0.2) is 0 Å². The van der Waals surface area contributed by atoms with Crippen molar-refractivity contribution in [1.82, 2.24) is 4.90 Å². The van der Waals surface area contributed by atoms with Gasteiger partial charge >= 0.3 is 5.97 Å². The first-order chi connectivity index (χ1) is 9.09. The van der Waals surface area contributed by atoms with Gasteiger partial charge in [-0.25, -0.2) is 0 Å². The van der Waals surface area contributed by atoms with Crippen molar-refractivity contribution in [2.75, 3.05) is 18.1 Å². The highest BCUT2D eigenvalue weighted by Gasteiger charge is 2.29. The number of carbonyl (C=O) groups excluding carboxylic acids is 1. The van der Waals surface area contributed by atoms with E-state index < -0.39 is 5.97 Å². The number of thioether (sulfide) groups is 1. The van der Waals surface area contributed by atoms with Gasteiger partial charge in [-0.2, -0.15) is 11.8 Å². The van der Waals surface area contributed by atoms with E-state index in [4.69, 9.17) is 5.11 Å². The first kappa shape index (κ1) is 13.9. The maximum absolute atomic E-state index is 12.5. The molecular formula is C14H17NO3S. The van der Waals surface area contributed by atoms with Crippen LogP contribution in [0.15, 0.2) is 24.3 Å². The summed E-state index contributed by atoms with van der Waals surface area (Å²) in [5, 5.41) is 8.94. The van der Waals surface area contributed by atoms with Gasteiger partial charge in [0.05, 0.1) is 12.5 Å². The third-order valence-corrected chi connectivity index (χ3v) is 4.37. The smallest absolute Gasteiger partial charge is 0.305 e. The number of benzene rings is 1. The van der Waals surface area contributed by atoms with Crippen LogP contribution in [0.1, 0.15) is 22.3 Å². The molecule has 0 aromatic heterocycles. The molecule has 4 nitrogen and oxygen atoms in total. The lowest BCUT2D eigenvalue weighted by atomic mass is 10.1. The summed E-state index contributed by atoms with van der Waals surface area (Å²) < 4.78 is 0. The minimum absolute atomic E-state index is 0.0185. The molecule has 0 spiro atoms. The zero-order valence-corrected chi connectivity index (χ0v) is 11.7. The molecule has 1 aromatic rings. The van der Waals surface area contributed by atoms with Gasteiger partial charge in [0.2, 0.25) is 0 Å². The van der Waals surface area contributed by atoms with E-state index in [1.165, 1.54) is 0 Å². The average molecular weight is 279 g/mol. The van der Waals surface area contributed by atoms with Crippen molar-refractivity contribution in [2.24, 2.45) is 0 Å². The largest absolute Gasteiger partial charge is 0.481 e. The van der Waals surface area contributed by atoms with Gasteiger partial charge in [-0.1, -0.05) is 18.2 Å². The summed E-state index contributed by atoms with van der Waals surface area (Å²) in [6, 6.07) is 7.23. The van der Waals surface area contributed by atoms with Crippen molar-refractivity contribution in [3.63, 3.8) is 0 Å². The summed E-state index contributed by atoms with van der Waals surface area (Å²) in [5.74, 6) is 0.664. The molecule has 1 aliphatic rings. The van der Waals surface area contributed by atoms with Gasteiger partial charge < -0.3 is 10.0 Å². The van der Waals surface area contributed by atoms with Crippen molar-refractivity contribution >= 4 is 23.6 Å². The van der Waals surface area contributed by atoms with E-state index in [1.54, 1.807) is 22.7 Å². The number of carboxylic acids is 1. The molecular weight excluding hydrogens is 262 g/mol. The molecule has 1 aliphatic heterocycles. The molecule has 0 radical (unpaired) electrons. The highest BCUT2D eigenvalue weighted by atomic mass is 32.2. The fourth-order valence-corrected chi connectivity index (χ4v) is 3.32. The second-order valence-electron chi connectivity index (χ2n) is 4.64. The molecule has 0 bridgehead atoms. The Kier molecular flexibility index (Phi) is 4.47. The number of aryl methyl sites for hydroxylation is 1. The molecule has 19 heavy (non-hydrogen) atoms. The minimum Gasteiger partial charge on any atom is -0.481 e. The van der Waals surface area contributed by atoms with Crippen LogP contribution in [0.25, 0.3) is 0 Å². The topological polar surface area (TPSA) is 57.6 Å². The van der Waals surface area contributed by atoms with Crippen molar-refractivity contribution in [2.45, 2.75) is 19.4 Å². The molecule has 1 heterocycles. The Hall–Kier alpha value is -1.49. The van der Waals surface area contributed by atoms with E-state index in [1.807, 2.05) is 25.1 Å². The van der Waals surface area contributed by atoms with Crippen LogP contribution in [0.3, 0.4) is 0 Å². The van der Waals surface area contributed by atoms with Crippen LogP contribution in [0.4, 0.5) is 0 Å².